The van der Waals surface area contributed by atoms with Crippen LogP contribution in [0.25, 0.3) is 0 Å². The molecule has 0 bridgehead atoms. The number of nitrogens with zero attached hydrogens (tertiary/aromatic N) is 1. The van der Waals surface area contributed by atoms with Gasteiger partial charge in [-0.05, 0) is 53.6 Å². The molecule has 2 aromatic carbocycles. The first-order valence-corrected chi connectivity index (χ1v) is 9.77. The van der Waals surface area contributed by atoms with Crippen molar-refractivity contribution >= 4 is 12.4 Å². The molecule has 6 heteroatoms. The maximum absolute atomic E-state index is 12.6. The Hall–Kier alpha value is -1.72. The lowest BCUT2D eigenvalue weighted by Gasteiger charge is -2.32. The first-order chi connectivity index (χ1) is 13.1. The van der Waals surface area contributed by atoms with Crippen molar-refractivity contribution < 1.29 is 17.9 Å². The monoisotopic (exact) mass is 427 g/mol. The summed E-state index contributed by atoms with van der Waals surface area (Å²) >= 11 is 0. The number of hydrogen-bond acceptors (Lipinski definition) is 2. The van der Waals surface area contributed by atoms with Crippen LogP contribution in [0.3, 0.4) is 0 Å². The molecule has 0 aromatic heterocycles. The van der Waals surface area contributed by atoms with E-state index in [0.29, 0.717) is 5.75 Å². The lowest BCUT2D eigenvalue weighted by molar-refractivity contribution is -0.137. The average Bonchev–Trinajstić information content (AvgIpc) is 2.63. The zero-order chi connectivity index (χ0) is 20.4. The van der Waals surface area contributed by atoms with E-state index in [1.807, 2.05) is 0 Å². The average molecular weight is 428 g/mol. The van der Waals surface area contributed by atoms with Crippen LogP contribution >= 0.6 is 12.4 Å². The minimum absolute atomic E-state index is 0. The van der Waals surface area contributed by atoms with Gasteiger partial charge >= 0.3 is 6.18 Å². The number of halogens is 4. The van der Waals surface area contributed by atoms with Crippen molar-refractivity contribution in [2.45, 2.75) is 57.9 Å². The molecule has 1 aliphatic rings. The first-order valence-electron chi connectivity index (χ1n) is 9.77. The number of alkyl halides is 3. The van der Waals surface area contributed by atoms with Gasteiger partial charge in [-0.1, -0.05) is 45.0 Å². The Balaban J connectivity index is 0.00000300. The minimum Gasteiger partial charge on any atom is -0.490 e. The van der Waals surface area contributed by atoms with E-state index in [1.54, 1.807) is 0 Å². The van der Waals surface area contributed by atoms with E-state index in [0.717, 1.165) is 44.6 Å². The highest BCUT2D eigenvalue weighted by molar-refractivity contribution is 5.85. The molecule has 0 radical (unpaired) electrons. The van der Waals surface area contributed by atoms with Gasteiger partial charge in [-0.25, -0.2) is 0 Å². The zero-order valence-corrected chi connectivity index (χ0v) is 17.9. The van der Waals surface area contributed by atoms with Gasteiger partial charge in [-0.15, -0.1) is 12.4 Å². The van der Waals surface area contributed by atoms with Crippen molar-refractivity contribution in [3.05, 3.63) is 65.2 Å². The number of likely N-dealkylation sites (tertiary alicyclic amines) is 1. The molecule has 0 atom stereocenters. The minimum atomic E-state index is -4.31. The summed E-state index contributed by atoms with van der Waals surface area (Å²) in [7, 11) is 0. The van der Waals surface area contributed by atoms with Crippen LogP contribution in [0.5, 0.6) is 5.75 Å². The Morgan fingerprint density at radius 1 is 0.862 bits per heavy atom. The highest BCUT2D eigenvalue weighted by Gasteiger charge is 2.30. The lowest BCUT2D eigenvalue weighted by Crippen LogP contribution is -2.37. The fourth-order valence-electron chi connectivity index (χ4n) is 3.47. The van der Waals surface area contributed by atoms with Crippen LogP contribution in [0, 0.1) is 0 Å². The Kier molecular flexibility index (Phi) is 7.63. The largest absolute Gasteiger partial charge is 0.490 e. The van der Waals surface area contributed by atoms with Crippen LogP contribution in [-0.4, -0.2) is 24.1 Å². The molecule has 2 aromatic rings. The topological polar surface area (TPSA) is 12.5 Å². The zero-order valence-electron chi connectivity index (χ0n) is 17.1. The van der Waals surface area contributed by atoms with Gasteiger partial charge in [0.15, 0.2) is 0 Å². The van der Waals surface area contributed by atoms with Crippen molar-refractivity contribution in [2.24, 2.45) is 0 Å². The molecule has 0 spiro atoms. The molecule has 2 nitrogen and oxygen atoms in total. The molecule has 1 fully saturated rings. The number of rotatable bonds is 4. The summed E-state index contributed by atoms with van der Waals surface area (Å²) in [4.78, 5) is 2.40. The normalized spacial score (nSPS) is 16.3. The highest BCUT2D eigenvalue weighted by atomic mass is 35.5. The number of hydrogen-bond donors (Lipinski definition) is 0. The van der Waals surface area contributed by atoms with Crippen LogP contribution in [0.4, 0.5) is 13.2 Å². The maximum atomic E-state index is 12.6. The van der Waals surface area contributed by atoms with Crippen molar-refractivity contribution in [1.29, 1.82) is 0 Å². The van der Waals surface area contributed by atoms with Gasteiger partial charge < -0.3 is 4.74 Å². The fourth-order valence-corrected chi connectivity index (χ4v) is 3.47. The third-order valence-electron chi connectivity index (χ3n) is 5.25. The second kappa shape index (κ2) is 9.40. The van der Waals surface area contributed by atoms with E-state index in [9.17, 15) is 13.2 Å². The van der Waals surface area contributed by atoms with E-state index < -0.39 is 11.7 Å². The second-order valence-electron chi connectivity index (χ2n) is 8.56. The Morgan fingerprint density at radius 2 is 1.38 bits per heavy atom. The third-order valence-corrected chi connectivity index (χ3v) is 5.25. The Bertz CT molecular complexity index is 691. The van der Waals surface area contributed by atoms with E-state index in [2.05, 4.69) is 49.9 Å². The summed E-state index contributed by atoms with van der Waals surface area (Å²) in [6.45, 7) is 9.40. The molecule has 1 heterocycles. The molecular weight excluding hydrogens is 399 g/mol. The third kappa shape index (κ3) is 6.65. The van der Waals surface area contributed by atoms with Crippen molar-refractivity contribution in [1.82, 2.24) is 4.90 Å². The summed E-state index contributed by atoms with van der Waals surface area (Å²) in [5.41, 5.74) is 2.15. The number of ether oxygens (including phenoxy) is 1. The standard InChI is InChI=1S/C23H28F3NO.ClH/c1-22(2,3)18-6-4-17(5-7-18)16-27-14-12-21(13-15-27)28-20-10-8-19(9-11-20)23(24,25)26;/h4-11,21H,12-16H2,1-3H3;1H. The maximum Gasteiger partial charge on any atom is 0.416 e. The molecule has 29 heavy (non-hydrogen) atoms. The van der Waals surface area contributed by atoms with Gasteiger partial charge in [0.05, 0.1) is 5.56 Å². The summed E-state index contributed by atoms with van der Waals surface area (Å²) in [5.74, 6) is 0.504. The second-order valence-corrected chi connectivity index (χ2v) is 8.56. The summed E-state index contributed by atoms with van der Waals surface area (Å²) in [6.07, 6.45) is -2.51. The van der Waals surface area contributed by atoms with Crippen molar-refractivity contribution in [3.63, 3.8) is 0 Å². The molecule has 0 amide bonds. The first kappa shape index (κ1) is 23.6. The molecule has 3 rings (SSSR count). The summed E-state index contributed by atoms with van der Waals surface area (Å²) in [6, 6.07) is 13.8. The molecule has 0 aliphatic carbocycles. The predicted molar refractivity (Wildman–Crippen MR) is 113 cm³/mol. The highest BCUT2D eigenvalue weighted by Crippen LogP contribution is 2.31. The summed E-state index contributed by atoms with van der Waals surface area (Å²) in [5, 5.41) is 0. The van der Waals surface area contributed by atoms with Crippen molar-refractivity contribution in [3.8, 4) is 5.75 Å². The van der Waals surface area contributed by atoms with Gasteiger partial charge in [0.2, 0.25) is 0 Å². The number of benzene rings is 2. The molecule has 160 valence electrons. The quantitative estimate of drug-likeness (QED) is 0.554. The molecule has 0 unspecified atom stereocenters. The Morgan fingerprint density at radius 3 is 1.86 bits per heavy atom. The Labute approximate surface area is 177 Å². The van der Waals surface area contributed by atoms with Crippen LogP contribution < -0.4 is 4.74 Å². The van der Waals surface area contributed by atoms with Crippen LogP contribution in [0.2, 0.25) is 0 Å². The molecule has 1 aliphatic heterocycles. The van der Waals surface area contributed by atoms with E-state index in [4.69, 9.17) is 4.74 Å². The van der Waals surface area contributed by atoms with Gasteiger partial charge in [-0.3, -0.25) is 4.90 Å². The van der Waals surface area contributed by atoms with Gasteiger partial charge in [0, 0.05) is 19.6 Å². The van der Waals surface area contributed by atoms with E-state index >= 15 is 0 Å². The van der Waals surface area contributed by atoms with E-state index in [1.165, 1.54) is 23.3 Å². The van der Waals surface area contributed by atoms with Crippen LogP contribution in [-0.2, 0) is 18.1 Å². The van der Waals surface area contributed by atoms with Crippen molar-refractivity contribution in [2.75, 3.05) is 13.1 Å². The number of piperidine rings is 1. The molecule has 1 saturated heterocycles. The fraction of sp³-hybridized carbons (Fsp3) is 0.478. The molecule has 0 N–H and O–H groups in total. The van der Waals surface area contributed by atoms with Gasteiger partial charge in [-0.2, -0.15) is 13.2 Å². The molecular formula is C23H29ClF3NO. The predicted octanol–water partition coefficient (Wildman–Crippen LogP) is 6.47. The van der Waals surface area contributed by atoms with Gasteiger partial charge in [0.25, 0.3) is 0 Å². The van der Waals surface area contributed by atoms with E-state index in [-0.39, 0.29) is 23.9 Å². The van der Waals surface area contributed by atoms with Crippen LogP contribution in [0.1, 0.15) is 50.3 Å². The lowest BCUT2D eigenvalue weighted by atomic mass is 9.86. The van der Waals surface area contributed by atoms with Crippen LogP contribution in [0.15, 0.2) is 48.5 Å². The summed E-state index contributed by atoms with van der Waals surface area (Å²) < 4.78 is 43.8. The van der Waals surface area contributed by atoms with Gasteiger partial charge in [0.1, 0.15) is 11.9 Å². The molecule has 0 saturated carbocycles. The SMILES string of the molecule is CC(C)(C)c1ccc(CN2CCC(Oc3ccc(C(F)(F)F)cc3)CC2)cc1.Cl. The smallest absolute Gasteiger partial charge is 0.416 e.